The van der Waals surface area contributed by atoms with E-state index in [0.29, 0.717) is 28.3 Å². The van der Waals surface area contributed by atoms with E-state index in [1.807, 2.05) is 19.9 Å². The van der Waals surface area contributed by atoms with Crippen LogP contribution in [0.2, 0.25) is 5.02 Å². The van der Waals surface area contributed by atoms with Crippen molar-refractivity contribution in [1.29, 1.82) is 0 Å². The summed E-state index contributed by atoms with van der Waals surface area (Å²) in [5, 5.41) is 16.0. The van der Waals surface area contributed by atoms with E-state index in [2.05, 4.69) is 31.9 Å². The minimum absolute atomic E-state index is 0.0550. The molecule has 4 aromatic carbocycles. The molecule has 2 aliphatic heterocycles. The van der Waals surface area contributed by atoms with Crippen molar-refractivity contribution >= 4 is 57.5 Å². The third-order valence-electron chi connectivity index (χ3n) is 9.96. The van der Waals surface area contributed by atoms with E-state index >= 15 is 0 Å². The van der Waals surface area contributed by atoms with Gasteiger partial charge < -0.3 is 40.7 Å². The van der Waals surface area contributed by atoms with Crippen LogP contribution < -0.4 is 53.6 Å². The molecule has 2 aromatic heterocycles. The summed E-state index contributed by atoms with van der Waals surface area (Å²) in [6.07, 6.45) is -4.21. The lowest BCUT2D eigenvalue weighted by atomic mass is 10.0. The molecule has 2 unspecified atom stereocenters. The van der Waals surface area contributed by atoms with Gasteiger partial charge in [0.05, 0.1) is 34.6 Å². The van der Waals surface area contributed by atoms with Gasteiger partial charge in [0.25, 0.3) is 33.5 Å². The summed E-state index contributed by atoms with van der Waals surface area (Å²) >= 11 is 6.06. The normalized spacial score (nSPS) is 15.5. The van der Waals surface area contributed by atoms with E-state index in [9.17, 15) is 46.3 Å². The highest BCUT2D eigenvalue weighted by atomic mass is 35.5. The Bertz CT molecular complexity index is 2810. The third kappa shape index (κ3) is 7.35. The van der Waals surface area contributed by atoms with Crippen LogP contribution >= 0.6 is 11.6 Å². The topological polar surface area (TPSA) is 201 Å². The fraction of sp³-hybridized carbons (Fsp3) is 0.250. The Balaban J connectivity index is 0.000000179. The van der Waals surface area contributed by atoms with Crippen molar-refractivity contribution in [2.75, 3.05) is 21.3 Å². The molecule has 2 amide bonds. The summed E-state index contributed by atoms with van der Waals surface area (Å²) in [6, 6.07) is 8.81. The second-order valence-corrected chi connectivity index (χ2v) is 14.3. The number of rotatable bonds is 11. The number of benzene rings is 2. The number of carbonyl (C=O) groups is 2. The highest BCUT2D eigenvalue weighted by Gasteiger charge is 2.45. The molecule has 6 N–H and O–H groups in total. The first-order valence-electron chi connectivity index (χ1n) is 18.0. The Kier molecular flexibility index (Phi) is 10.5. The van der Waals surface area contributed by atoms with E-state index in [1.54, 1.807) is 13.0 Å². The fourth-order valence-corrected chi connectivity index (χ4v) is 7.12. The van der Waals surface area contributed by atoms with Gasteiger partial charge in [-0.3, -0.25) is 28.8 Å². The molecule has 59 heavy (non-hydrogen) atoms. The molecule has 8 rings (SSSR count). The number of alkyl halides is 3. The second kappa shape index (κ2) is 15.2. The van der Waals surface area contributed by atoms with Crippen LogP contribution in [0.5, 0.6) is 0 Å². The highest BCUT2D eigenvalue weighted by Crippen LogP contribution is 2.39. The number of carbonyl (C=O) groups excluding carboxylic acids is 2. The predicted octanol–water partition coefficient (Wildman–Crippen LogP) is 6.97. The maximum Gasteiger partial charge on any atom is 0.415 e. The van der Waals surface area contributed by atoms with Crippen molar-refractivity contribution in [3.63, 3.8) is 0 Å². The number of furan rings is 2. The number of halogens is 5. The number of hydrogen-bond donors (Lipinski definition) is 6. The van der Waals surface area contributed by atoms with Gasteiger partial charge in [0.1, 0.15) is 51.6 Å². The van der Waals surface area contributed by atoms with Crippen LogP contribution in [0.4, 0.5) is 51.7 Å². The molecular formula is C40H33ClF4N6O8. The van der Waals surface area contributed by atoms with Crippen LogP contribution in [0.15, 0.2) is 76.5 Å². The molecule has 0 saturated carbocycles. The lowest BCUT2D eigenvalue weighted by molar-refractivity contribution is -0.147. The first-order chi connectivity index (χ1) is 27.9. The van der Waals surface area contributed by atoms with Gasteiger partial charge in [0.15, 0.2) is 6.04 Å². The molecule has 0 fully saturated rings. The molecule has 19 heteroatoms. The van der Waals surface area contributed by atoms with Gasteiger partial charge in [-0.2, -0.15) is 13.2 Å². The van der Waals surface area contributed by atoms with Crippen LogP contribution in [-0.4, -0.2) is 18.0 Å². The summed E-state index contributed by atoms with van der Waals surface area (Å²) in [4.78, 5) is 72.8. The lowest BCUT2D eigenvalue weighted by Gasteiger charge is -2.23. The van der Waals surface area contributed by atoms with Crippen LogP contribution in [0.1, 0.15) is 93.3 Å². The first kappa shape index (κ1) is 40.5. The molecule has 14 nitrogen and oxygen atoms in total. The monoisotopic (exact) mass is 836 g/mol. The highest BCUT2D eigenvalue weighted by molar-refractivity contribution is 6.32. The number of aryl methyl sites for hydroxylation is 2. The van der Waals surface area contributed by atoms with Gasteiger partial charge >= 0.3 is 6.18 Å². The summed E-state index contributed by atoms with van der Waals surface area (Å²) < 4.78 is 65.9. The largest absolute Gasteiger partial charge is 0.464 e. The van der Waals surface area contributed by atoms with Crippen LogP contribution in [0, 0.1) is 19.7 Å². The molecular weight excluding hydrogens is 804 g/mol. The zero-order chi connectivity index (χ0) is 42.7. The molecule has 4 heterocycles. The van der Waals surface area contributed by atoms with E-state index < -0.39 is 63.0 Å². The summed E-state index contributed by atoms with van der Waals surface area (Å²) in [5.41, 5.74) is -3.03. The van der Waals surface area contributed by atoms with Crippen molar-refractivity contribution in [2.45, 2.75) is 65.0 Å². The first-order valence-corrected chi connectivity index (χ1v) is 18.4. The SMILES string of the molecule is CC[C@@H](Nc1c(Nc2c(F)ccc3c2C(=O)NC3C)c(=O)c1=O)c1ccc(C)o1.Cc1ccc(C(Nc2c(Nc3ccc(Cl)c4c3C(=O)NC4)c(=O)c2=O)C(F)(F)F)o1. The zero-order valence-corrected chi connectivity index (χ0v) is 32.2. The smallest absolute Gasteiger partial charge is 0.415 e. The molecule has 0 saturated heterocycles. The fourth-order valence-electron chi connectivity index (χ4n) is 6.90. The average molecular weight is 837 g/mol. The maximum atomic E-state index is 14.5. The second-order valence-electron chi connectivity index (χ2n) is 13.9. The van der Waals surface area contributed by atoms with Crippen LogP contribution in [0.3, 0.4) is 0 Å². The van der Waals surface area contributed by atoms with Gasteiger partial charge in [-0.25, -0.2) is 4.39 Å². The van der Waals surface area contributed by atoms with Crippen molar-refractivity contribution < 1.29 is 36.0 Å². The molecule has 306 valence electrons. The van der Waals surface area contributed by atoms with Gasteiger partial charge in [-0.15, -0.1) is 0 Å². The summed E-state index contributed by atoms with van der Waals surface area (Å²) in [7, 11) is 0. The van der Waals surface area contributed by atoms with E-state index in [1.165, 1.54) is 37.3 Å². The zero-order valence-electron chi connectivity index (χ0n) is 31.4. The number of anilines is 6. The Labute approximate surface area is 335 Å². The Morgan fingerprint density at radius 2 is 1.34 bits per heavy atom. The van der Waals surface area contributed by atoms with Crippen molar-refractivity contribution in [1.82, 2.24) is 10.6 Å². The standard InChI is InChI=1S/C21H20FN3O4.C19H13ClF3N3O4/c1-4-13(14-8-5-9(2)29-14)24-17-18(20(27)19(17)26)25-16-12(22)7-6-11-10(3)23-21(28)15(11)16;1-7-2-5-11(30-7)17(19(21,22)23)26-14-13(15(27)16(14)28)25-10-4-3-9(20)8-6-24-18(29)12(8)10/h5-8,10,13,24-25H,4H2,1-3H3,(H,23,28);2-5,17,25-26H,6H2,1H3,(H,24,29)/t10?,13-;/m1./s1. The Morgan fingerprint density at radius 1 is 0.746 bits per heavy atom. The molecule has 0 bridgehead atoms. The van der Waals surface area contributed by atoms with E-state index in [-0.39, 0.29) is 64.0 Å². The lowest BCUT2D eigenvalue weighted by Crippen LogP contribution is -2.40. The molecule has 0 aliphatic carbocycles. The Morgan fingerprint density at radius 3 is 1.93 bits per heavy atom. The minimum atomic E-state index is -4.80. The van der Waals surface area contributed by atoms with Crippen molar-refractivity contribution in [3.05, 3.63) is 146 Å². The summed E-state index contributed by atoms with van der Waals surface area (Å²) in [5.74, 6) is -0.407. The van der Waals surface area contributed by atoms with Crippen molar-refractivity contribution in [3.8, 4) is 0 Å². The number of fused-ring (bicyclic) bond motifs is 2. The Hall–Kier alpha value is -6.69. The third-order valence-corrected chi connectivity index (χ3v) is 10.3. The number of hydrogen-bond acceptors (Lipinski definition) is 12. The molecule has 6 aromatic rings. The van der Waals surface area contributed by atoms with Gasteiger partial charge in [0.2, 0.25) is 0 Å². The maximum absolute atomic E-state index is 14.5. The average Bonchev–Trinajstić information content (AvgIpc) is 3.99. The number of amides is 2. The number of nitrogens with one attached hydrogen (secondary N) is 6. The molecule has 0 radical (unpaired) electrons. The van der Waals surface area contributed by atoms with Crippen LogP contribution in [0.25, 0.3) is 0 Å². The quantitative estimate of drug-likeness (QED) is 0.0579. The van der Waals surface area contributed by atoms with Gasteiger partial charge in [0, 0.05) is 17.1 Å². The van der Waals surface area contributed by atoms with Gasteiger partial charge in [-0.05, 0) is 75.2 Å². The van der Waals surface area contributed by atoms with E-state index in [4.69, 9.17) is 20.4 Å². The van der Waals surface area contributed by atoms with Gasteiger partial charge in [-0.1, -0.05) is 24.6 Å². The predicted molar refractivity (Wildman–Crippen MR) is 210 cm³/mol. The van der Waals surface area contributed by atoms with E-state index in [0.717, 1.165) is 11.8 Å². The summed E-state index contributed by atoms with van der Waals surface area (Å²) in [6.45, 7) is 7.16. The minimum Gasteiger partial charge on any atom is -0.464 e. The molecule has 0 spiro atoms. The van der Waals surface area contributed by atoms with Crippen molar-refractivity contribution in [2.24, 2.45) is 0 Å². The van der Waals surface area contributed by atoms with Crippen LogP contribution in [-0.2, 0) is 6.54 Å². The molecule has 2 aliphatic rings. The molecule has 3 atom stereocenters.